The van der Waals surface area contributed by atoms with Gasteiger partial charge in [-0.15, -0.1) is 0 Å². The van der Waals surface area contributed by atoms with Crippen LogP contribution in [0.4, 0.5) is 13.2 Å². The Labute approximate surface area is 110 Å². The minimum Gasteiger partial charge on any atom is -0.272 e. The zero-order chi connectivity index (χ0) is 14.8. The Morgan fingerprint density at radius 2 is 1.84 bits per heavy atom. The van der Waals surface area contributed by atoms with Crippen LogP contribution in [-0.2, 0) is 6.18 Å². The average molecular weight is 274 g/mol. The topological polar surface area (TPSA) is 23.6 Å². The van der Waals surface area contributed by atoms with Crippen molar-refractivity contribution >= 4 is 5.91 Å². The Hall–Kier alpha value is -1.56. The molecule has 0 aliphatic carbocycles. The number of hydrazine groups is 1. The van der Waals surface area contributed by atoms with Crippen molar-refractivity contribution in [3.05, 3.63) is 34.9 Å². The molecule has 1 rings (SSSR count). The van der Waals surface area contributed by atoms with E-state index in [9.17, 15) is 18.0 Å². The summed E-state index contributed by atoms with van der Waals surface area (Å²) < 4.78 is 38.9. The molecule has 19 heavy (non-hydrogen) atoms. The molecule has 0 aromatic heterocycles. The summed E-state index contributed by atoms with van der Waals surface area (Å²) in [6.07, 6.45) is -4.54. The van der Waals surface area contributed by atoms with Gasteiger partial charge in [0.05, 0.1) is 11.1 Å². The van der Waals surface area contributed by atoms with Gasteiger partial charge in [0.25, 0.3) is 5.91 Å². The molecular formula is C13H17F3N2O. The lowest BCUT2D eigenvalue weighted by Gasteiger charge is -2.28. The first-order valence-electron chi connectivity index (χ1n) is 5.85. The van der Waals surface area contributed by atoms with Crippen LogP contribution in [0.3, 0.4) is 0 Å². The second-order valence-corrected chi connectivity index (χ2v) is 4.41. The minimum absolute atomic E-state index is 0.303. The minimum atomic E-state index is -4.54. The van der Waals surface area contributed by atoms with Gasteiger partial charge in [-0.25, -0.2) is 5.01 Å². The number of rotatable bonds is 3. The van der Waals surface area contributed by atoms with Gasteiger partial charge in [-0.3, -0.25) is 9.80 Å². The SMILES string of the molecule is CCN(C(=O)c1ccc(C)cc1C(F)(F)F)N(C)C. The normalized spacial score (nSPS) is 11.8. The van der Waals surface area contributed by atoms with Gasteiger partial charge < -0.3 is 0 Å². The van der Waals surface area contributed by atoms with E-state index in [1.54, 1.807) is 27.9 Å². The quantitative estimate of drug-likeness (QED) is 0.791. The molecule has 0 saturated heterocycles. The van der Waals surface area contributed by atoms with Crippen LogP contribution in [0.1, 0.15) is 28.4 Å². The number of benzene rings is 1. The molecule has 0 spiro atoms. The van der Waals surface area contributed by atoms with E-state index in [4.69, 9.17) is 0 Å². The molecule has 0 bridgehead atoms. The van der Waals surface area contributed by atoms with E-state index in [2.05, 4.69) is 0 Å². The Kier molecular flexibility index (Phi) is 4.57. The fourth-order valence-electron chi connectivity index (χ4n) is 1.83. The Morgan fingerprint density at radius 1 is 1.26 bits per heavy atom. The van der Waals surface area contributed by atoms with Gasteiger partial charge in [0.15, 0.2) is 0 Å². The molecule has 0 aliphatic rings. The fraction of sp³-hybridized carbons (Fsp3) is 0.462. The fourth-order valence-corrected chi connectivity index (χ4v) is 1.83. The third-order valence-electron chi connectivity index (χ3n) is 2.73. The monoisotopic (exact) mass is 274 g/mol. The number of carbonyl (C=O) groups is 1. The highest BCUT2D eigenvalue weighted by Gasteiger charge is 2.36. The summed E-state index contributed by atoms with van der Waals surface area (Å²) in [7, 11) is 3.23. The van der Waals surface area contributed by atoms with Crippen LogP contribution >= 0.6 is 0 Å². The van der Waals surface area contributed by atoms with Gasteiger partial charge in [0.2, 0.25) is 0 Å². The summed E-state index contributed by atoms with van der Waals surface area (Å²) in [6, 6.07) is 3.73. The summed E-state index contributed by atoms with van der Waals surface area (Å²) in [4.78, 5) is 12.2. The van der Waals surface area contributed by atoms with Crippen LogP contribution < -0.4 is 0 Å². The second kappa shape index (κ2) is 5.61. The molecule has 6 heteroatoms. The Balaban J connectivity index is 3.31. The van der Waals surface area contributed by atoms with Crippen molar-refractivity contribution in [2.45, 2.75) is 20.0 Å². The number of amides is 1. The summed E-state index contributed by atoms with van der Waals surface area (Å²) in [5.41, 5.74) is -0.747. The lowest BCUT2D eigenvalue weighted by atomic mass is 10.0. The summed E-state index contributed by atoms with van der Waals surface area (Å²) in [5.74, 6) is -0.653. The molecule has 3 nitrogen and oxygen atoms in total. The van der Waals surface area contributed by atoms with Gasteiger partial charge >= 0.3 is 6.18 Å². The van der Waals surface area contributed by atoms with Gasteiger partial charge in [-0.05, 0) is 26.0 Å². The molecule has 0 unspecified atom stereocenters. The van der Waals surface area contributed by atoms with Crippen molar-refractivity contribution < 1.29 is 18.0 Å². The van der Waals surface area contributed by atoms with Crippen molar-refractivity contribution in [2.24, 2.45) is 0 Å². The summed E-state index contributed by atoms with van der Waals surface area (Å²) >= 11 is 0. The first kappa shape index (κ1) is 15.5. The lowest BCUT2D eigenvalue weighted by molar-refractivity contribution is -0.138. The lowest BCUT2D eigenvalue weighted by Crippen LogP contribution is -2.42. The molecular weight excluding hydrogens is 257 g/mol. The third-order valence-corrected chi connectivity index (χ3v) is 2.73. The molecule has 1 aromatic carbocycles. The number of alkyl halides is 3. The first-order chi connectivity index (χ1) is 8.68. The number of carbonyl (C=O) groups excluding carboxylic acids is 1. The number of hydrogen-bond acceptors (Lipinski definition) is 2. The maximum Gasteiger partial charge on any atom is 0.417 e. The maximum atomic E-state index is 13.0. The smallest absolute Gasteiger partial charge is 0.272 e. The molecule has 0 heterocycles. The van der Waals surface area contributed by atoms with E-state index in [0.29, 0.717) is 12.1 Å². The summed E-state index contributed by atoms with van der Waals surface area (Å²) in [6.45, 7) is 3.57. The van der Waals surface area contributed by atoms with E-state index in [1.807, 2.05) is 0 Å². The number of nitrogens with zero attached hydrogens (tertiary/aromatic N) is 2. The van der Waals surface area contributed by atoms with Gasteiger partial charge in [-0.2, -0.15) is 13.2 Å². The van der Waals surface area contributed by atoms with Crippen LogP contribution in [0, 0.1) is 6.92 Å². The molecule has 0 saturated carbocycles. The third kappa shape index (κ3) is 3.47. The highest BCUT2D eigenvalue weighted by atomic mass is 19.4. The van der Waals surface area contributed by atoms with Crippen molar-refractivity contribution in [1.29, 1.82) is 0 Å². The van der Waals surface area contributed by atoms with E-state index < -0.39 is 17.6 Å². The van der Waals surface area contributed by atoms with Crippen LogP contribution in [0.2, 0.25) is 0 Å². The predicted octanol–water partition coefficient (Wildman–Crippen LogP) is 2.95. The number of halogens is 3. The van der Waals surface area contributed by atoms with Gasteiger partial charge in [-0.1, -0.05) is 11.6 Å². The van der Waals surface area contributed by atoms with E-state index in [1.165, 1.54) is 22.2 Å². The van der Waals surface area contributed by atoms with Crippen LogP contribution in [-0.4, -0.2) is 36.6 Å². The highest BCUT2D eigenvalue weighted by Crippen LogP contribution is 2.33. The van der Waals surface area contributed by atoms with Crippen molar-refractivity contribution in [1.82, 2.24) is 10.0 Å². The van der Waals surface area contributed by atoms with Crippen LogP contribution in [0.25, 0.3) is 0 Å². The van der Waals surface area contributed by atoms with E-state index >= 15 is 0 Å². The molecule has 0 atom stereocenters. The Bertz CT molecular complexity index is 469. The molecule has 0 radical (unpaired) electrons. The predicted molar refractivity (Wildman–Crippen MR) is 66.6 cm³/mol. The second-order valence-electron chi connectivity index (χ2n) is 4.41. The molecule has 106 valence electrons. The summed E-state index contributed by atoms with van der Waals surface area (Å²) in [5, 5.41) is 2.72. The standard InChI is InChI=1S/C13H17F3N2O/c1-5-18(17(3)4)12(19)10-7-6-9(2)8-11(10)13(14,15)16/h6-8H,5H2,1-4H3. The maximum absolute atomic E-state index is 13.0. The van der Waals surface area contributed by atoms with Crippen molar-refractivity contribution in [2.75, 3.05) is 20.6 Å². The number of aryl methyl sites for hydroxylation is 1. The van der Waals surface area contributed by atoms with Gasteiger partial charge in [0.1, 0.15) is 0 Å². The number of hydrogen-bond donors (Lipinski definition) is 0. The van der Waals surface area contributed by atoms with E-state index in [0.717, 1.165) is 6.07 Å². The van der Waals surface area contributed by atoms with Crippen molar-refractivity contribution in [3.63, 3.8) is 0 Å². The largest absolute Gasteiger partial charge is 0.417 e. The Morgan fingerprint density at radius 3 is 2.26 bits per heavy atom. The van der Waals surface area contributed by atoms with Crippen LogP contribution in [0.15, 0.2) is 18.2 Å². The average Bonchev–Trinajstić information content (AvgIpc) is 2.27. The molecule has 1 amide bonds. The van der Waals surface area contributed by atoms with Gasteiger partial charge in [0, 0.05) is 20.6 Å². The molecule has 0 N–H and O–H groups in total. The highest BCUT2D eigenvalue weighted by molar-refractivity contribution is 5.95. The van der Waals surface area contributed by atoms with Crippen LogP contribution in [0.5, 0.6) is 0 Å². The molecule has 0 aliphatic heterocycles. The van der Waals surface area contributed by atoms with E-state index in [-0.39, 0.29) is 5.56 Å². The first-order valence-corrected chi connectivity index (χ1v) is 5.85. The van der Waals surface area contributed by atoms with Crippen molar-refractivity contribution in [3.8, 4) is 0 Å². The molecule has 1 aromatic rings. The zero-order valence-corrected chi connectivity index (χ0v) is 11.4. The zero-order valence-electron chi connectivity index (χ0n) is 11.4. The molecule has 0 fully saturated rings.